The van der Waals surface area contributed by atoms with E-state index in [1.165, 1.54) is 0 Å². The zero-order valence-corrected chi connectivity index (χ0v) is 6.82. The van der Waals surface area contributed by atoms with Gasteiger partial charge in [-0.1, -0.05) is 6.92 Å². The van der Waals surface area contributed by atoms with Crippen LogP contribution in [0.25, 0.3) is 0 Å². The van der Waals surface area contributed by atoms with Gasteiger partial charge in [-0.25, -0.2) is 9.97 Å². The van der Waals surface area contributed by atoms with Crippen molar-refractivity contribution in [1.29, 1.82) is 0 Å². The molecule has 60 valence electrons. The van der Waals surface area contributed by atoms with Gasteiger partial charge in [0.05, 0.1) is 6.61 Å². The first-order chi connectivity index (χ1) is 5.34. The molecule has 0 bridgehead atoms. The van der Waals surface area contributed by atoms with Crippen LogP contribution in [0.5, 0.6) is 0 Å². The van der Waals surface area contributed by atoms with Crippen LogP contribution in [0.2, 0.25) is 0 Å². The van der Waals surface area contributed by atoms with E-state index in [4.69, 9.17) is 4.74 Å². The van der Waals surface area contributed by atoms with E-state index in [2.05, 4.69) is 9.97 Å². The molecule has 1 rings (SSSR count). The molecule has 1 atom stereocenters. The van der Waals surface area contributed by atoms with Gasteiger partial charge >= 0.3 is 0 Å². The van der Waals surface area contributed by atoms with Gasteiger partial charge in [-0.05, 0) is 6.07 Å². The number of nitrogens with zero attached hydrogens (tertiary/aromatic N) is 2. The van der Waals surface area contributed by atoms with Crippen molar-refractivity contribution in [2.45, 2.75) is 12.8 Å². The summed E-state index contributed by atoms with van der Waals surface area (Å²) in [5.41, 5.74) is 0. The van der Waals surface area contributed by atoms with Crippen LogP contribution in [0.1, 0.15) is 18.7 Å². The molecule has 0 saturated heterocycles. The molecule has 0 aliphatic rings. The number of methoxy groups -OCH3 is 1. The van der Waals surface area contributed by atoms with Crippen LogP contribution in [0.15, 0.2) is 18.5 Å². The first-order valence-corrected chi connectivity index (χ1v) is 3.60. The van der Waals surface area contributed by atoms with E-state index < -0.39 is 0 Å². The van der Waals surface area contributed by atoms with Crippen LogP contribution in [0, 0.1) is 0 Å². The van der Waals surface area contributed by atoms with Gasteiger partial charge in [0.1, 0.15) is 5.82 Å². The molecule has 1 heterocycles. The average Bonchev–Trinajstić information content (AvgIpc) is 2.07. The summed E-state index contributed by atoms with van der Waals surface area (Å²) < 4.78 is 4.98. The number of ether oxygens (including phenoxy) is 1. The molecule has 0 radical (unpaired) electrons. The summed E-state index contributed by atoms with van der Waals surface area (Å²) in [5.74, 6) is 1.12. The molecule has 0 N–H and O–H groups in total. The molecule has 0 fully saturated rings. The molecule has 3 heteroatoms. The maximum absolute atomic E-state index is 4.98. The molecule has 0 aromatic carbocycles. The first kappa shape index (κ1) is 8.14. The van der Waals surface area contributed by atoms with E-state index in [1.54, 1.807) is 19.5 Å². The minimum absolute atomic E-state index is 0.279. The number of aromatic nitrogens is 2. The number of rotatable bonds is 3. The van der Waals surface area contributed by atoms with Gasteiger partial charge in [0.2, 0.25) is 0 Å². The molecule has 11 heavy (non-hydrogen) atoms. The SMILES string of the molecule is COCC(C)c1ncccn1. The van der Waals surface area contributed by atoms with Crippen molar-refractivity contribution >= 4 is 0 Å². The summed E-state index contributed by atoms with van der Waals surface area (Å²) in [6.07, 6.45) is 3.49. The van der Waals surface area contributed by atoms with Crippen LogP contribution in [-0.2, 0) is 4.74 Å². The van der Waals surface area contributed by atoms with Gasteiger partial charge in [0.15, 0.2) is 0 Å². The van der Waals surface area contributed by atoms with E-state index in [1.807, 2.05) is 13.0 Å². The summed E-state index contributed by atoms with van der Waals surface area (Å²) in [7, 11) is 1.68. The molecule has 0 aliphatic carbocycles. The maximum atomic E-state index is 4.98. The van der Waals surface area contributed by atoms with E-state index in [-0.39, 0.29) is 5.92 Å². The van der Waals surface area contributed by atoms with Gasteiger partial charge in [-0.2, -0.15) is 0 Å². The summed E-state index contributed by atoms with van der Waals surface area (Å²) in [5, 5.41) is 0. The fourth-order valence-electron chi connectivity index (χ4n) is 0.890. The second-order valence-corrected chi connectivity index (χ2v) is 2.46. The second-order valence-electron chi connectivity index (χ2n) is 2.46. The first-order valence-electron chi connectivity index (χ1n) is 3.60. The fourth-order valence-corrected chi connectivity index (χ4v) is 0.890. The van der Waals surface area contributed by atoms with Gasteiger partial charge in [-0.3, -0.25) is 0 Å². The molecule has 0 spiro atoms. The topological polar surface area (TPSA) is 35.0 Å². The van der Waals surface area contributed by atoms with Crippen molar-refractivity contribution in [3.63, 3.8) is 0 Å². The quantitative estimate of drug-likeness (QED) is 0.653. The Morgan fingerprint density at radius 1 is 1.45 bits per heavy atom. The third-order valence-corrected chi connectivity index (χ3v) is 1.44. The predicted molar refractivity (Wildman–Crippen MR) is 42.3 cm³/mol. The van der Waals surface area contributed by atoms with E-state index in [9.17, 15) is 0 Å². The fraction of sp³-hybridized carbons (Fsp3) is 0.500. The van der Waals surface area contributed by atoms with Crippen LogP contribution < -0.4 is 0 Å². The zero-order chi connectivity index (χ0) is 8.10. The van der Waals surface area contributed by atoms with E-state index in [0.29, 0.717) is 6.61 Å². The highest BCUT2D eigenvalue weighted by Gasteiger charge is 2.05. The lowest BCUT2D eigenvalue weighted by Gasteiger charge is -2.06. The van der Waals surface area contributed by atoms with Crippen molar-refractivity contribution in [1.82, 2.24) is 9.97 Å². The Morgan fingerprint density at radius 2 is 2.09 bits per heavy atom. The third-order valence-electron chi connectivity index (χ3n) is 1.44. The summed E-state index contributed by atoms with van der Waals surface area (Å²) in [6, 6.07) is 1.81. The van der Waals surface area contributed by atoms with Gasteiger partial charge in [0, 0.05) is 25.4 Å². The molecular weight excluding hydrogens is 140 g/mol. The second kappa shape index (κ2) is 4.03. The molecular formula is C8H12N2O. The number of hydrogen-bond acceptors (Lipinski definition) is 3. The molecule has 0 amide bonds. The van der Waals surface area contributed by atoms with Gasteiger partial charge in [-0.15, -0.1) is 0 Å². The Kier molecular flexibility index (Phi) is 2.98. The normalized spacial score (nSPS) is 12.9. The Bertz CT molecular complexity index is 201. The molecule has 3 nitrogen and oxygen atoms in total. The van der Waals surface area contributed by atoms with E-state index in [0.717, 1.165) is 5.82 Å². The molecule has 0 saturated carbocycles. The van der Waals surface area contributed by atoms with Crippen molar-refractivity contribution in [3.05, 3.63) is 24.3 Å². The summed E-state index contributed by atoms with van der Waals surface area (Å²) >= 11 is 0. The highest BCUT2D eigenvalue weighted by Crippen LogP contribution is 2.07. The van der Waals surface area contributed by atoms with Crippen LogP contribution in [0.3, 0.4) is 0 Å². The van der Waals surface area contributed by atoms with Gasteiger partial charge < -0.3 is 4.74 Å². The van der Waals surface area contributed by atoms with Crippen LogP contribution in [0.4, 0.5) is 0 Å². The Hall–Kier alpha value is -0.960. The number of hydrogen-bond donors (Lipinski definition) is 0. The standard InChI is InChI=1S/C8H12N2O/c1-7(6-11-2)8-9-4-3-5-10-8/h3-5,7H,6H2,1-2H3. The summed E-state index contributed by atoms with van der Waals surface area (Å²) in [6.45, 7) is 2.71. The molecule has 1 aromatic rings. The Balaban J connectivity index is 2.61. The van der Waals surface area contributed by atoms with Crippen LogP contribution >= 0.6 is 0 Å². The van der Waals surface area contributed by atoms with Crippen molar-refractivity contribution in [2.24, 2.45) is 0 Å². The monoisotopic (exact) mass is 152 g/mol. The third kappa shape index (κ3) is 2.27. The molecule has 1 unspecified atom stereocenters. The van der Waals surface area contributed by atoms with Crippen molar-refractivity contribution in [3.8, 4) is 0 Å². The summed E-state index contributed by atoms with van der Waals surface area (Å²) in [4.78, 5) is 8.21. The lowest BCUT2D eigenvalue weighted by Crippen LogP contribution is -2.05. The smallest absolute Gasteiger partial charge is 0.133 e. The Morgan fingerprint density at radius 3 is 2.64 bits per heavy atom. The molecule has 0 aliphatic heterocycles. The lowest BCUT2D eigenvalue weighted by molar-refractivity contribution is 0.181. The lowest BCUT2D eigenvalue weighted by atomic mass is 10.2. The molecule has 1 aromatic heterocycles. The average molecular weight is 152 g/mol. The predicted octanol–water partition coefficient (Wildman–Crippen LogP) is 1.23. The van der Waals surface area contributed by atoms with Crippen molar-refractivity contribution < 1.29 is 4.74 Å². The van der Waals surface area contributed by atoms with E-state index >= 15 is 0 Å². The maximum Gasteiger partial charge on any atom is 0.133 e. The minimum atomic E-state index is 0.279. The highest BCUT2D eigenvalue weighted by molar-refractivity contribution is 4.94. The van der Waals surface area contributed by atoms with Crippen LogP contribution in [-0.4, -0.2) is 23.7 Å². The van der Waals surface area contributed by atoms with Gasteiger partial charge in [0.25, 0.3) is 0 Å². The minimum Gasteiger partial charge on any atom is -0.384 e. The van der Waals surface area contributed by atoms with Crippen molar-refractivity contribution in [2.75, 3.05) is 13.7 Å². The highest BCUT2D eigenvalue weighted by atomic mass is 16.5. The largest absolute Gasteiger partial charge is 0.384 e. The zero-order valence-electron chi connectivity index (χ0n) is 6.82. The Labute approximate surface area is 66.4 Å².